The molecule has 0 aromatic carbocycles. The highest BCUT2D eigenvalue weighted by molar-refractivity contribution is 6.28. The van der Waals surface area contributed by atoms with Crippen molar-refractivity contribution < 1.29 is 0 Å². The van der Waals surface area contributed by atoms with E-state index >= 15 is 0 Å². The largest absolute Gasteiger partial charge is 0.368 e. The summed E-state index contributed by atoms with van der Waals surface area (Å²) in [5.74, 6) is 0.794. The van der Waals surface area contributed by atoms with E-state index in [2.05, 4.69) is 24.8 Å². The van der Waals surface area contributed by atoms with Crippen molar-refractivity contribution in [3.63, 3.8) is 0 Å². The maximum Gasteiger partial charge on any atom is 0.231 e. The summed E-state index contributed by atoms with van der Waals surface area (Å²) < 4.78 is 0. The Hall–Kier alpha value is -1.14. The van der Waals surface area contributed by atoms with Crippen molar-refractivity contribution >= 4 is 23.5 Å². The Balaban J connectivity index is 1.80. The molecule has 0 amide bonds. The first-order chi connectivity index (χ1) is 8.22. The summed E-state index contributed by atoms with van der Waals surface area (Å²) in [4.78, 5) is 16.8. The number of nitrogen functional groups attached to an aromatic ring is 1. The lowest BCUT2D eigenvalue weighted by Gasteiger charge is -2.37. The van der Waals surface area contributed by atoms with E-state index in [1.54, 1.807) is 0 Å². The van der Waals surface area contributed by atoms with Gasteiger partial charge in [0.15, 0.2) is 0 Å². The average Bonchev–Trinajstić information content (AvgIpc) is 2.74. The fourth-order valence-electron chi connectivity index (χ4n) is 2.67. The van der Waals surface area contributed by atoms with E-state index in [1.165, 1.54) is 19.4 Å². The van der Waals surface area contributed by atoms with Gasteiger partial charge in [-0.3, -0.25) is 4.90 Å². The molecule has 2 saturated heterocycles. The van der Waals surface area contributed by atoms with Crippen LogP contribution in [-0.2, 0) is 0 Å². The lowest BCUT2D eigenvalue weighted by molar-refractivity contribution is 0.229. The lowest BCUT2D eigenvalue weighted by Crippen LogP contribution is -2.50. The number of rotatable bonds is 1. The molecule has 3 rings (SSSR count). The van der Waals surface area contributed by atoms with Gasteiger partial charge in [0.05, 0.1) is 0 Å². The van der Waals surface area contributed by atoms with E-state index in [9.17, 15) is 0 Å². The zero-order valence-corrected chi connectivity index (χ0v) is 10.3. The molecule has 2 fully saturated rings. The Labute approximate surface area is 105 Å². The molecule has 1 aromatic heterocycles. The van der Waals surface area contributed by atoms with Crippen LogP contribution in [-0.4, -0.2) is 52.1 Å². The zero-order valence-electron chi connectivity index (χ0n) is 9.51. The van der Waals surface area contributed by atoms with Crippen LogP contribution in [0.3, 0.4) is 0 Å². The van der Waals surface area contributed by atoms with Gasteiger partial charge in [-0.2, -0.15) is 15.0 Å². The predicted octanol–water partition coefficient (Wildman–Crippen LogP) is 0.392. The van der Waals surface area contributed by atoms with Crippen LogP contribution < -0.4 is 10.6 Å². The van der Waals surface area contributed by atoms with Crippen molar-refractivity contribution in [1.29, 1.82) is 0 Å². The molecular weight excluding hydrogens is 240 g/mol. The minimum absolute atomic E-state index is 0.168. The van der Waals surface area contributed by atoms with Gasteiger partial charge in [-0.25, -0.2) is 0 Å². The van der Waals surface area contributed by atoms with E-state index in [1.807, 2.05) is 0 Å². The van der Waals surface area contributed by atoms with Gasteiger partial charge in [0.25, 0.3) is 0 Å². The molecule has 1 aromatic rings. The van der Waals surface area contributed by atoms with Gasteiger partial charge in [0.1, 0.15) is 0 Å². The van der Waals surface area contributed by atoms with Gasteiger partial charge in [-0.15, -0.1) is 0 Å². The molecule has 6 nitrogen and oxygen atoms in total. The summed E-state index contributed by atoms with van der Waals surface area (Å²) >= 11 is 5.80. The summed E-state index contributed by atoms with van der Waals surface area (Å²) in [7, 11) is 0. The molecule has 2 aliphatic rings. The highest BCUT2D eigenvalue weighted by Crippen LogP contribution is 2.24. The van der Waals surface area contributed by atoms with Gasteiger partial charge in [0, 0.05) is 25.7 Å². The van der Waals surface area contributed by atoms with Crippen molar-refractivity contribution in [3.05, 3.63) is 5.28 Å². The molecule has 1 unspecified atom stereocenters. The second-order valence-electron chi connectivity index (χ2n) is 4.54. The van der Waals surface area contributed by atoms with Crippen LogP contribution in [0.4, 0.5) is 11.9 Å². The first-order valence-corrected chi connectivity index (χ1v) is 6.26. The number of hydrogen-bond acceptors (Lipinski definition) is 6. The fourth-order valence-corrected chi connectivity index (χ4v) is 2.83. The molecule has 0 radical (unpaired) electrons. The van der Waals surface area contributed by atoms with Crippen LogP contribution in [0.2, 0.25) is 5.28 Å². The van der Waals surface area contributed by atoms with E-state index in [-0.39, 0.29) is 11.2 Å². The number of fused-ring (bicyclic) bond motifs is 1. The summed E-state index contributed by atoms with van der Waals surface area (Å²) in [5, 5.41) is 0.168. The van der Waals surface area contributed by atoms with Gasteiger partial charge in [0.2, 0.25) is 17.2 Å². The first-order valence-electron chi connectivity index (χ1n) is 5.88. The summed E-state index contributed by atoms with van der Waals surface area (Å²) in [6, 6.07) is 0.625. The second kappa shape index (κ2) is 4.27. The van der Waals surface area contributed by atoms with Crippen LogP contribution in [0, 0.1) is 0 Å². The summed E-state index contributed by atoms with van der Waals surface area (Å²) in [6.07, 6.45) is 2.55. The van der Waals surface area contributed by atoms with E-state index < -0.39 is 0 Å². The third-order valence-electron chi connectivity index (χ3n) is 3.48. The number of piperazine rings is 1. The van der Waals surface area contributed by atoms with Crippen LogP contribution in [0.25, 0.3) is 0 Å². The Morgan fingerprint density at radius 1 is 1.18 bits per heavy atom. The number of nitrogens with two attached hydrogens (primary N) is 1. The van der Waals surface area contributed by atoms with Gasteiger partial charge >= 0.3 is 0 Å². The minimum Gasteiger partial charge on any atom is -0.368 e. The minimum atomic E-state index is 0.168. The van der Waals surface area contributed by atoms with E-state index in [0.717, 1.165) is 19.6 Å². The monoisotopic (exact) mass is 254 g/mol. The number of halogens is 1. The normalized spacial score (nSPS) is 25.0. The van der Waals surface area contributed by atoms with Crippen LogP contribution in [0.1, 0.15) is 12.8 Å². The number of nitrogens with zero attached hydrogens (tertiary/aromatic N) is 5. The Morgan fingerprint density at radius 2 is 2.06 bits per heavy atom. The van der Waals surface area contributed by atoms with Gasteiger partial charge in [-0.05, 0) is 31.0 Å². The fraction of sp³-hybridized carbons (Fsp3) is 0.700. The molecule has 3 heterocycles. The smallest absolute Gasteiger partial charge is 0.231 e. The van der Waals surface area contributed by atoms with Crippen LogP contribution in [0.5, 0.6) is 0 Å². The molecule has 0 bridgehead atoms. The SMILES string of the molecule is Nc1nc(Cl)nc(N2CCN3CCCC3C2)n1. The lowest BCUT2D eigenvalue weighted by atomic mass is 10.2. The van der Waals surface area contributed by atoms with Crippen molar-refractivity contribution in [2.45, 2.75) is 18.9 Å². The molecule has 1 atom stereocenters. The zero-order chi connectivity index (χ0) is 11.8. The highest BCUT2D eigenvalue weighted by atomic mass is 35.5. The van der Waals surface area contributed by atoms with E-state index in [0.29, 0.717) is 12.0 Å². The predicted molar refractivity (Wildman–Crippen MR) is 66.1 cm³/mol. The van der Waals surface area contributed by atoms with E-state index in [4.69, 9.17) is 17.3 Å². The second-order valence-corrected chi connectivity index (χ2v) is 4.88. The first kappa shape index (κ1) is 11.0. The molecule has 17 heavy (non-hydrogen) atoms. The molecule has 2 aliphatic heterocycles. The number of anilines is 2. The summed E-state index contributed by atoms with van der Waals surface area (Å²) in [5.41, 5.74) is 5.59. The van der Waals surface area contributed by atoms with Crippen LogP contribution >= 0.6 is 11.6 Å². The topological polar surface area (TPSA) is 71.2 Å². The number of aromatic nitrogens is 3. The average molecular weight is 255 g/mol. The van der Waals surface area contributed by atoms with Gasteiger partial charge < -0.3 is 10.6 Å². The third-order valence-corrected chi connectivity index (χ3v) is 3.65. The summed E-state index contributed by atoms with van der Waals surface area (Å²) in [6.45, 7) is 4.17. The quantitative estimate of drug-likeness (QED) is 0.782. The van der Waals surface area contributed by atoms with Crippen LogP contribution in [0.15, 0.2) is 0 Å². The highest BCUT2D eigenvalue weighted by Gasteiger charge is 2.31. The molecular formula is C10H15ClN6. The molecule has 0 spiro atoms. The Morgan fingerprint density at radius 3 is 2.88 bits per heavy atom. The Bertz CT molecular complexity index is 405. The van der Waals surface area contributed by atoms with Crippen molar-refractivity contribution in [3.8, 4) is 0 Å². The maximum atomic E-state index is 5.80. The number of hydrogen-bond donors (Lipinski definition) is 1. The molecule has 92 valence electrons. The molecule has 0 saturated carbocycles. The Kier molecular flexibility index (Phi) is 2.76. The molecule has 7 heteroatoms. The third kappa shape index (κ3) is 2.14. The van der Waals surface area contributed by atoms with Crippen molar-refractivity contribution in [1.82, 2.24) is 19.9 Å². The molecule has 2 N–H and O–H groups in total. The molecule has 0 aliphatic carbocycles. The maximum absolute atomic E-state index is 5.80. The van der Waals surface area contributed by atoms with Gasteiger partial charge in [-0.1, -0.05) is 0 Å². The van der Waals surface area contributed by atoms with Crippen molar-refractivity contribution in [2.24, 2.45) is 0 Å². The van der Waals surface area contributed by atoms with Crippen molar-refractivity contribution in [2.75, 3.05) is 36.8 Å². The standard InChI is InChI=1S/C10H15ClN6/c11-8-13-9(12)15-10(14-8)17-5-4-16-3-1-2-7(16)6-17/h7H,1-6H2,(H2,12,13,14,15).